The molecule has 0 spiro atoms. The lowest BCUT2D eigenvalue weighted by molar-refractivity contribution is -0.159. The highest BCUT2D eigenvalue weighted by Crippen LogP contribution is 2.43. The number of benzene rings is 2. The Balaban J connectivity index is 1.68. The topological polar surface area (TPSA) is 65.6 Å². The number of nitrogens with one attached hydrogen (secondary N) is 1. The highest BCUT2D eigenvalue weighted by molar-refractivity contribution is 5.97. The Morgan fingerprint density at radius 3 is 2.67 bits per heavy atom. The fourth-order valence-electron chi connectivity index (χ4n) is 4.93. The molecule has 1 N–H and O–H groups in total. The second-order valence-corrected chi connectivity index (χ2v) is 8.10. The summed E-state index contributed by atoms with van der Waals surface area (Å²) in [5, 5.41) is 1.12. The number of nitrogens with zero attached hydrogens (tertiary/aromatic N) is 2. The van der Waals surface area contributed by atoms with Crippen molar-refractivity contribution < 1.29 is 14.3 Å². The van der Waals surface area contributed by atoms with Gasteiger partial charge in [0.2, 0.25) is 11.8 Å². The standard InChI is InChI=1S/C24H25N3O3/c1-15-7-3-4-8-16(15)23-22-18(17-9-5-6-10-19(17)25-22)13-20-24(29)26(11-12-30-2)14-21(28)27(20)23/h3-10,20,23,25H,11-14H2,1-2H3/t20-,23-/m0/s1. The zero-order chi connectivity index (χ0) is 20.8. The number of methoxy groups -OCH3 is 1. The smallest absolute Gasteiger partial charge is 0.246 e. The Morgan fingerprint density at radius 1 is 1.10 bits per heavy atom. The molecule has 154 valence electrons. The summed E-state index contributed by atoms with van der Waals surface area (Å²) in [7, 11) is 1.61. The number of aromatic amines is 1. The Bertz CT molecular complexity index is 1140. The van der Waals surface area contributed by atoms with Gasteiger partial charge in [0.25, 0.3) is 0 Å². The molecule has 1 fully saturated rings. The summed E-state index contributed by atoms with van der Waals surface area (Å²) >= 11 is 0. The van der Waals surface area contributed by atoms with Gasteiger partial charge in [-0.15, -0.1) is 0 Å². The third-order valence-electron chi connectivity index (χ3n) is 6.39. The summed E-state index contributed by atoms with van der Waals surface area (Å²) in [6, 6.07) is 15.5. The molecule has 3 aromatic rings. The van der Waals surface area contributed by atoms with Gasteiger partial charge >= 0.3 is 0 Å². The van der Waals surface area contributed by atoms with E-state index >= 15 is 0 Å². The summed E-state index contributed by atoms with van der Waals surface area (Å²) in [5.74, 6) is -0.0190. The molecule has 2 atom stereocenters. The van der Waals surface area contributed by atoms with E-state index in [4.69, 9.17) is 4.74 Å². The first-order valence-electron chi connectivity index (χ1n) is 10.3. The van der Waals surface area contributed by atoms with Crippen molar-refractivity contribution in [1.82, 2.24) is 14.8 Å². The minimum absolute atomic E-state index is 0.00108. The molecular weight excluding hydrogens is 378 g/mol. The summed E-state index contributed by atoms with van der Waals surface area (Å²) < 4.78 is 5.15. The number of carbonyl (C=O) groups is 2. The van der Waals surface area contributed by atoms with Crippen molar-refractivity contribution in [3.63, 3.8) is 0 Å². The van der Waals surface area contributed by atoms with Crippen molar-refractivity contribution in [1.29, 1.82) is 0 Å². The quantitative estimate of drug-likeness (QED) is 0.729. The number of piperazine rings is 1. The predicted molar refractivity (Wildman–Crippen MR) is 114 cm³/mol. The van der Waals surface area contributed by atoms with Crippen LogP contribution in [0.25, 0.3) is 10.9 Å². The van der Waals surface area contributed by atoms with Gasteiger partial charge in [0.1, 0.15) is 6.04 Å². The van der Waals surface area contributed by atoms with Gasteiger partial charge in [-0.2, -0.15) is 0 Å². The highest BCUT2D eigenvalue weighted by Gasteiger charge is 2.48. The average Bonchev–Trinajstić information content (AvgIpc) is 3.13. The van der Waals surface area contributed by atoms with E-state index in [1.165, 1.54) is 0 Å². The van der Waals surface area contributed by atoms with Gasteiger partial charge in [-0.3, -0.25) is 9.59 Å². The van der Waals surface area contributed by atoms with E-state index in [1.807, 2.05) is 29.2 Å². The number of rotatable bonds is 4. The molecule has 2 aliphatic rings. The van der Waals surface area contributed by atoms with Crippen LogP contribution in [-0.4, -0.2) is 59.4 Å². The van der Waals surface area contributed by atoms with Crippen LogP contribution in [0, 0.1) is 6.92 Å². The molecule has 1 aromatic heterocycles. The first-order valence-corrected chi connectivity index (χ1v) is 10.3. The number of carbonyl (C=O) groups excluding carboxylic acids is 2. The molecule has 0 unspecified atom stereocenters. The van der Waals surface area contributed by atoms with Crippen LogP contribution in [0.5, 0.6) is 0 Å². The maximum Gasteiger partial charge on any atom is 0.246 e. The summed E-state index contributed by atoms with van der Waals surface area (Å²) in [6.45, 7) is 3.01. The van der Waals surface area contributed by atoms with Crippen LogP contribution in [-0.2, 0) is 20.7 Å². The molecule has 6 heteroatoms. The van der Waals surface area contributed by atoms with Gasteiger partial charge in [0.05, 0.1) is 19.2 Å². The molecular formula is C24H25N3O3. The van der Waals surface area contributed by atoms with E-state index in [0.29, 0.717) is 19.6 Å². The van der Waals surface area contributed by atoms with Crippen LogP contribution >= 0.6 is 0 Å². The SMILES string of the molecule is COCCN1CC(=O)N2[C@@H](c3ccccc3C)c3[nH]c4ccccc4c3C[C@H]2C1=O. The Labute approximate surface area is 175 Å². The molecule has 0 radical (unpaired) electrons. The van der Waals surface area contributed by atoms with E-state index < -0.39 is 6.04 Å². The average molecular weight is 403 g/mol. The van der Waals surface area contributed by atoms with Crippen molar-refractivity contribution >= 4 is 22.7 Å². The van der Waals surface area contributed by atoms with Crippen LogP contribution in [0.2, 0.25) is 0 Å². The number of hydrogen-bond donors (Lipinski definition) is 1. The fraction of sp³-hybridized carbons (Fsp3) is 0.333. The Morgan fingerprint density at radius 2 is 1.87 bits per heavy atom. The highest BCUT2D eigenvalue weighted by atomic mass is 16.5. The molecule has 30 heavy (non-hydrogen) atoms. The number of aryl methyl sites for hydroxylation is 1. The lowest BCUT2D eigenvalue weighted by atomic mass is 9.85. The number of fused-ring (bicyclic) bond motifs is 4. The van der Waals surface area contributed by atoms with E-state index in [-0.39, 0.29) is 24.4 Å². The maximum atomic E-state index is 13.4. The molecule has 2 amide bonds. The van der Waals surface area contributed by atoms with Crippen molar-refractivity contribution in [3.8, 4) is 0 Å². The van der Waals surface area contributed by atoms with Crippen molar-refractivity contribution in [2.75, 3.05) is 26.8 Å². The minimum atomic E-state index is -0.501. The van der Waals surface area contributed by atoms with Crippen LogP contribution in [0.3, 0.4) is 0 Å². The van der Waals surface area contributed by atoms with E-state index in [0.717, 1.165) is 33.3 Å². The van der Waals surface area contributed by atoms with Gasteiger partial charge in [0.15, 0.2) is 0 Å². The molecule has 5 rings (SSSR count). The maximum absolute atomic E-state index is 13.4. The largest absolute Gasteiger partial charge is 0.383 e. The van der Waals surface area contributed by atoms with Gasteiger partial charge in [0, 0.05) is 36.7 Å². The second-order valence-electron chi connectivity index (χ2n) is 8.10. The lowest BCUT2D eigenvalue weighted by Crippen LogP contribution is -2.63. The zero-order valence-corrected chi connectivity index (χ0v) is 17.2. The number of hydrogen-bond acceptors (Lipinski definition) is 3. The molecule has 0 saturated carbocycles. The first-order chi connectivity index (χ1) is 14.6. The molecule has 0 aliphatic carbocycles. The van der Waals surface area contributed by atoms with Gasteiger partial charge < -0.3 is 19.5 Å². The van der Waals surface area contributed by atoms with Gasteiger partial charge in [-0.25, -0.2) is 0 Å². The number of amides is 2. The molecule has 1 saturated heterocycles. The molecule has 3 heterocycles. The summed E-state index contributed by atoms with van der Waals surface area (Å²) in [6.07, 6.45) is 0.524. The molecule has 6 nitrogen and oxygen atoms in total. The van der Waals surface area contributed by atoms with Crippen LogP contribution in [0.15, 0.2) is 48.5 Å². The Kier molecular flexibility index (Phi) is 4.59. The third kappa shape index (κ3) is 2.82. The van der Waals surface area contributed by atoms with Gasteiger partial charge in [-0.1, -0.05) is 42.5 Å². The molecule has 2 aliphatic heterocycles. The van der Waals surface area contributed by atoms with Gasteiger partial charge in [-0.05, 0) is 29.7 Å². The monoisotopic (exact) mass is 403 g/mol. The number of para-hydroxylation sites is 1. The minimum Gasteiger partial charge on any atom is -0.383 e. The second kappa shape index (κ2) is 7.29. The normalized spacial score (nSPS) is 21.1. The van der Waals surface area contributed by atoms with E-state index in [1.54, 1.807) is 12.0 Å². The van der Waals surface area contributed by atoms with Crippen molar-refractivity contribution in [2.45, 2.75) is 25.4 Å². The summed E-state index contributed by atoms with van der Waals surface area (Å²) in [5.41, 5.74) is 5.36. The van der Waals surface area contributed by atoms with E-state index in [2.05, 4.69) is 36.2 Å². The number of ether oxygens (including phenoxy) is 1. The van der Waals surface area contributed by atoms with Crippen LogP contribution in [0.4, 0.5) is 0 Å². The number of H-pyrrole nitrogens is 1. The van der Waals surface area contributed by atoms with E-state index in [9.17, 15) is 9.59 Å². The third-order valence-corrected chi connectivity index (χ3v) is 6.39. The van der Waals surface area contributed by atoms with Crippen LogP contribution < -0.4 is 0 Å². The van der Waals surface area contributed by atoms with Crippen molar-refractivity contribution in [2.24, 2.45) is 0 Å². The fourth-order valence-corrected chi connectivity index (χ4v) is 4.93. The number of aromatic nitrogens is 1. The van der Waals surface area contributed by atoms with Crippen LogP contribution in [0.1, 0.15) is 28.4 Å². The predicted octanol–water partition coefficient (Wildman–Crippen LogP) is 2.81. The van der Waals surface area contributed by atoms with Crippen molar-refractivity contribution in [3.05, 3.63) is 70.9 Å². The summed E-state index contributed by atoms with van der Waals surface area (Å²) in [4.78, 5) is 33.8. The molecule has 0 bridgehead atoms. The lowest BCUT2D eigenvalue weighted by Gasteiger charge is -2.47. The zero-order valence-electron chi connectivity index (χ0n) is 17.2. The molecule has 2 aromatic carbocycles. The first kappa shape index (κ1) is 18.9. The Hall–Kier alpha value is -3.12.